The minimum atomic E-state index is -1.18. The van der Waals surface area contributed by atoms with Crippen molar-refractivity contribution in [2.24, 2.45) is 0 Å². The molecule has 4 rings (SSSR count). The maximum absolute atomic E-state index is 11.2. The van der Waals surface area contributed by atoms with E-state index in [9.17, 15) is 9.59 Å². The monoisotopic (exact) mass is 320 g/mol. The van der Waals surface area contributed by atoms with Gasteiger partial charge in [-0.3, -0.25) is 9.97 Å². The third-order valence-electron chi connectivity index (χ3n) is 3.66. The maximum Gasteiger partial charge on any atom is 0.354 e. The van der Waals surface area contributed by atoms with E-state index in [1.54, 1.807) is 12.1 Å². The number of nitrogens with zero attached hydrogens (tertiary/aromatic N) is 4. The highest BCUT2D eigenvalue weighted by atomic mass is 16.4. The van der Waals surface area contributed by atoms with Crippen LogP contribution in [0.5, 0.6) is 0 Å². The van der Waals surface area contributed by atoms with Gasteiger partial charge in [-0.25, -0.2) is 19.6 Å². The van der Waals surface area contributed by atoms with E-state index in [1.807, 2.05) is 0 Å². The Morgan fingerprint density at radius 1 is 0.667 bits per heavy atom. The number of rotatable bonds is 2. The summed E-state index contributed by atoms with van der Waals surface area (Å²) in [5.74, 6) is -2.36. The molecule has 0 radical (unpaired) electrons. The van der Waals surface area contributed by atoms with Gasteiger partial charge in [-0.05, 0) is 24.3 Å². The molecule has 0 unspecified atom stereocenters. The molecule has 24 heavy (non-hydrogen) atoms. The first-order chi connectivity index (χ1) is 11.6. The maximum atomic E-state index is 11.2. The molecule has 0 atom stereocenters. The zero-order chi connectivity index (χ0) is 16.8. The third kappa shape index (κ3) is 1.93. The Morgan fingerprint density at radius 3 is 1.46 bits per heavy atom. The number of aromatic nitrogens is 4. The van der Waals surface area contributed by atoms with Crippen molar-refractivity contribution in [3.05, 3.63) is 48.0 Å². The number of benzene rings is 1. The minimum absolute atomic E-state index is 0.158. The van der Waals surface area contributed by atoms with Crippen LogP contribution < -0.4 is 0 Å². The van der Waals surface area contributed by atoms with Crippen LogP contribution in [0, 0.1) is 0 Å². The summed E-state index contributed by atoms with van der Waals surface area (Å²) in [6.45, 7) is 0. The molecule has 0 bridgehead atoms. The Balaban J connectivity index is 2.28. The fraction of sp³-hybridized carbons (Fsp3) is 0. The van der Waals surface area contributed by atoms with Crippen molar-refractivity contribution in [2.45, 2.75) is 0 Å². The van der Waals surface area contributed by atoms with E-state index in [2.05, 4.69) is 19.9 Å². The van der Waals surface area contributed by atoms with E-state index in [0.717, 1.165) is 0 Å². The van der Waals surface area contributed by atoms with Crippen molar-refractivity contribution in [3.63, 3.8) is 0 Å². The van der Waals surface area contributed by atoms with E-state index in [-0.39, 0.29) is 22.4 Å². The minimum Gasteiger partial charge on any atom is -0.477 e. The number of carboxylic acids is 2. The lowest BCUT2D eigenvalue weighted by Crippen LogP contribution is -2.03. The van der Waals surface area contributed by atoms with Crippen LogP contribution >= 0.6 is 0 Å². The highest BCUT2D eigenvalue weighted by molar-refractivity contribution is 6.21. The molecule has 0 saturated heterocycles. The molecule has 4 aromatic rings. The predicted molar refractivity (Wildman–Crippen MR) is 84.1 cm³/mol. The zero-order valence-corrected chi connectivity index (χ0v) is 12.0. The first-order valence-electron chi connectivity index (χ1n) is 6.87. The van der Waals surface area contributed by atoms with Crippen molar-refractivity contribution in [1.82, 2.24) is 19.9 Å². The van der Waals surface area contributed by atoms with Crippen LogP contribution in [-0.2, 0) is 0 Å². The smallest absolute Gasteiger partial charge is 0.354 e. The molecule has 0 fully saturated rings. The van der Waals surface area contributed by atoms with E-state index in [4.69, 9.17) is 10.2 Å². The van der Waals surface area contributed by atoms with Crippen molar-refractivity contribution < 1.29 is 19.8 Å². The number of carboxylic acid groups (broad SMARTS) is 2. The Kier molecular flexibility index (Phi) is 2.86. The summed E-state index contributed by atoms with van der Waals surface area (Å²) >= 11 is 0. The lowest BCUT2D eigenvalue weighted by atomic mass is 10.1. The lowest BCUT2D eigenvalue weighted by Gasteiger charge is -2.08. The second kappa shape index (κ2) is 4.92. The van der Waals surface area contributed by atoms with Crippen LogP contribution in [0.3, 0.4) is 0 Å². The van der Waals surface area contributed by atoms with Crippen LogP contribution in [0.2, 0.25) is 0 Å². The summed E-state index contributed by atoms with van der Waals surface area (Å²) in [5.41, 5.74) is 1.34. The molecule has 8 heteroatoms. The van der Waals surface area contributed by atoms with Crippen molar-refractivity contribution in [1.29, 1.82) is 0 Å². The summed E-state index contributed by atoms with van der Waals surface area (Å²) in [7, 11) is 0. The quantitative estimate of drug-likeness (QED) is 0.538. The largest absolute Gasteiger partial charge is 0.477 e. The second-order valence-electron chi connectivity index (χ2n) is 5.05. The van der Waals surface area contributed by atoms with Gasteiger partial charge in [-0.1, -0.05) is 0 Å². The molecule has 0 aliphatic heterocycles. The van der Waals surface area contributed by atoms with Gasteiger partial charge in [0.05, 0.1) is 22.1 Å². The molecule has 116 valence electrons. The molecule has 2 N–H and O–H groups in total. The average molecular weight is 320 g/mol. The summed E-state index contributed by atoms with van der Waals surface area (Å²) in [6.07, 6.45) is 3.05. The normalized spacial score (nSPS) is 11.2. The predicted octanol–water partition coefficient (Wildman–Crippen LogP) is 2.12. The van der Waals surface area contributed by atoms with E-state index in [0.29, 0.717) is 21.8 Å². The van der Waals surface area contributed by atoms with Crippen LogP contribution in [0.15, 0.2) is 36.7 Å². The summed E-state index contributed by atoms with van der Waals surface area (Å²) in [6, 6.07) is 5.89. The Hall–Kier alpha value is -3.68. The molecule has 0 amide bonds. The summed E-state index contributed by atoms with van der Waals surface area (Å²) in [5, 5.41) is 19.5. The van der Waals surface area contributed by atoms with Crippen LogP contribution in [0.1, 0.15) is 21.0 Å². The molecule has 0 aliphatic rings. The molecule has 0 spiro atoms. The van der Waals surface area contributed by atoms with Crippen LogP contribution in [0.25, 0.3) is 32.8 Å². The summed E-state index contributed by atoms with van der Waals surface area (Å²) in [4.78, 5) is 39.3. The van der Waals surface area contributed by atoms with Gasteiger partial charge in [0.15, 0.2) is 0 Å². The van der Waals surface area contributed by atoms with Gasteiger partial charge in [0.25, 0.3) is 0 Å². The van der Waals surface area contributed by atoms with E-state index >= 15 is 0 Å². The van der Waals surface area contributed by atoms with Crippen molar-refractivity contribution in [3.8, 4) is 0 Å². The molecule has 8 nitrogen and oxygen atoms in total. The molecular weight excluding hydrogens is 312 g/mol. The molecule has 0 aliphatic carbocycles. The molecule has 1 aromatic carbocycles. The number of carbonyl (C=O) groups is 2. The topological polar surface area (TPSA) is 126 Å². The van der Waals surface area contributed by atoms with Crippen molar-refractivity contribution >= 4 is 44.8 Å². The standard InChI is InChI=1S/C16H8N4O4/c21-15(22)9-3-1-7-11-12(18-6-5-17-11)8-2-4-10(16(23)24)20-14(8)13(7)19-9/h1-6H,(H,21,22)(H,23,24). The van der Waals surface area contributed by atoms with Gasteiger partial charge in [0, 0.05) is 23.2 Å². The van der Waals surface area contributed by atoms with Crippen LogP contribution in [0.4, 0.5) is 0 Å². The highest BCUT2D eigenvalue weighted by Crippen LogP contribution is 2.31. The zero-order valence-electron chi connectivity index (χ0n) is 12.0. The molecule has 3 aromatic heterocycles. The number of hydrogen-bond donors (Lipinski definition) is 2. The first-order valence-corrected chi connectivity index (χ1v) is 6.87. The van der Waals surface area contributed by atoms with E-state index < -0.39 is 11.9 Å². The van der Waals surface area contributed by atoms with Gasteiger partial charge in [0.2, 0.25) is 0 Å². The average Bonchev–Trinajstić information content (AvgIpc) is 2.61. The third-order valence-corrected chi connectivity index (χ3v) is 3.66. The Morgan fingerprint density at radius 2 is 1.08 bits per heavy atom. The lowest BCUT2D eigenvalue weighted by molar-refractivity contribution is 0.0680. The van der Waals surface area contributed by atoms with Gasteiger partial charge < -0.3 is 10.2 Å². The number of aromatic carboxylic acids is 2. The van der Waals surface area contributed by atoms with E-state index in [1.165, 1.54) is 24.5 Å². The van der Waals surface area contributed by atoms with Crippen molar-refractivity contribution in [2.75, 3.05) is 0 Å². The second-order valence-corrected chi connectivity index (χ2v) is 5.05. The Labute approximate surface area is 133 Å². The van der Waals surface area contributed by atoms with Gasteiger partial charge in [-0.2, -0.15) is 0 Å². The SMILES string of the molecule is O=C(O)c1ccc2c3nccnc3c3ccc(C(=O)O)nc3c2n1. The molecular formula is C16H8N4O4. The fourth-order valence-corrected chi connectivity index (χ4v) is 2.63. The first kappa shape index (κ1) is 13.9. The van der Waals surface area contributed by atoms with Crippen LogP contribution in [-0.4, -0.2) is 42.1 Å². The number of pyridine rings is 2. The van der Waals surface area contributed by atoms with Gasteiger partial charge in [0.1, 0.15) is 11.4 Å². The highest BCUT2D eigenvalue weighted by Gasteiger charge is 2.16. The molecule has 0 saturated carbocycles. The van der Waals surface area contributed by atoms with Gasteiger partial charge >= 0.3 is 11.9 Å². The fourth-order valence-electron chi connectivity index (χ4n) is 2.63. The summed E-state index contributed by atoms with van der Waals surface area (Å²) < 4.78 is 0. The molecule has 3 heterocycles. The number of hydrogen-bond acceptors (Lipinski definition) is 6. The number of fused-ring (bicyclic) bond motifs is 6. The van der Waals surface area contributed by atoms with Gasteiger partial charge in [-0.15, -0.1) is 0 Å². The Bertz CT molecular complexity index is 1080.